The summed E-state index contributed by atoms with van der Waals surface area (Å²) >= 11 is 16.3. The van der Waals surface area contributed by atoms with Crippen LogP contribution in [-0.4, -0.2) is 22.4 Å². The Balaban J connectivity index is 2.71. The number of benzene rings is 1. The summed E-state index contributed by atoms with van der Waals surface area (Å²) in [6.45, 7) is 3.91. The number of thiol groups is 1. The zero-order chi connectivity index (χ0) is 17.9. The minimum atomic E-state index is -0.550. The van der Waals surface area contributed by atoms with Crippen LogP contribution in [0.25, 0.3) is 11.1 Å². The van der Waals surface area contributed by atoms with Crippen molar-refractivity contribution in [3.05, 3.63) is 34.2 Å². The molecule has 0 saturated heterocycles. The molecule has 9 heteroatoms. The molecule has 0 aliphatic heterocycles. The van der Waals surface area contributed by atoms with Crippen molar-refractivity contribution in [1.29, 1.82) is 0 Å². The van der Waals surface area contributed by atoms with Gasteiger partial charge in [0.2, 0.25) is 12.4 Å². The van der Waals surface area contributed by atoms with Crippen LogP contribution in [0.5, 0.6) is 0 Å². The van der Waals surface area contributed by atoms with Crippen LogP contribution in [0.1, 0.15) is 20.3 Å². The van der Waals surface area contributed by atoms with Crippen molar-refractivity contribution in [2.24, 2.45) is 0 Å². The minimum Gasteiger partial charge on any atom is -0.367 e. The molecule has 0 aliphatic carbocycles. The largest absolute Gasteiger partial charge is 0.367 e. The summed E-state index contributed by atoms with van der Waals surface area (Å²) < 4.78 is 15.2. The van der Waals surface area contributed by atoms with E-state index in [9.17, 15) is 9.18 Å². The summed E-state index contributed by atoms with van der Waals surface area (Å²) in [5.74, 6) is -0.307. The van der Waals surface area contributed by atoms with E-state index in [0.29, 0.717) is 6.41 Å². The van der Waals surface area contributed by atoms with Gasteiger partial charge in [-0.3, -0.25) is 4.79 Å². The van der Waals surface area contributed by atoms with Gasteiger partial charge in [0.05, 0.1) is 10.6 Å². The maximum Gasteiger partial charge on any atom is 0.245 e. The maximum atomic E-state index is 14.3. The number of nitrogens with one attached hydrogen (secondary N) is 1. The van der Waals surface area contributed by atoms with Gasteiger partial charge in [-0.15, -0.1) is 0 Å². The molecular weight excluding hydrogens is 374 g/mol. The first kappa shape index (κ1) is 18.8. The molecule has 1 amide bonds. The highest BCUT2D eigenvalue weighted by atomic mass is 35.5. The van der Waals surface area contributed by atoms with Gasteiger partial charge in [-0.25, -0.2) is 8.70 Å². The van der Waals surface area contributed by atoms with Crippen LogP contribution in [0.2, 0.25) is 10.2 Å². The van der Waals surface area contributed by atoms with Gasteiger partial charge < -0.3 is 5.32 Å². The number of carbonyl (C=O) groups is 1. The fourth-order valence-electron chi connectivity index (χ4n) is 1.97. The molecular formula is C15H15Cl2FN4OS. The van der Waals surface area contributed by atoms with Crippen LogP contribution in [0.4, 0.5) is 16.2 Å². The maximum absolute atomic E-state index is 14.3. The number of hydrogen-bond donors (Lipinski definition) is 2. The van der Waals surface area contributed by atoms with Crippen molar-refractivity contribution in [3.63, 3.8) is 0 Å². The Hall–Kier alpha value is -1.57. The molecule has 1 N–H and O–H groups in total. The Labute approximate surface area is 154 Å². The Kier molecular flexibility index (Phi) is 6.26. The van der Waals surface area contributed by atoms with Gasteiger partial charge in [-0.2, -0.15) is 9.97 Å². The van der Waals surface area contributed by atoms with E-state index in [1.165, 1.54) is 12.1 Å². The average molecular weight is 389 g/mol. The highest BCUT2D eigenvalue weighted by molar-refractivity contribution is 7.82. The van der Waals surface area contributed by atoms with Gasteiger partial charge in [0.1, 0.15) is 16.8 Å². The zero-order valence-corrected chi connectivity index (χ0v) is 15.3. The summed E-state index contributed by atoms with van der Waals surface area (Å²) in [7, 11) is 0. The molecule has 1 heterocycles. The highest BCUT2D eigenvalue weighted by Gasteiger charge is 2.22. The second-order valence-corrected chi connectivity index (χ2v) is 6.23. The minimum absolute atomic E-state index is 0.0257. The highest BCUT2D eigenvalue weighted by Crippen LogP contribution is 2.40. The molecule has 24 heavy (non-hydrogen) atoms. The van der Waals surface area contributed by atoms with Gasteiger partial charge in [-0.05, 0) is 25.5 Å². The predicted molar refractivity (Wildman–Crippen MR) is 98.4 cm³/mol. The first-order valence-corrected chi connectivity index (χ1v) is 8.26. The fraction of sp³-hybridized carbons (Fsp3) is 0.267. The number of hydrogen-bond acceptors (Lipinski definition) is 5. The molecule has 128 valence electrons. The first-order chi connectivity index (χ1) is 11.4. The molecule has 1 aromatic heterocycles. The number of nitrogens with zero attached hydrogens (tertiary/aromatic N) is 3. The van der Waals surface area contributed by atoms with Gasteiger partial charge >= 0.3 is 0 Å². The van der Waals surface area contributed by atoms with E-state index in [4.69, 9.17) is 23.2 Å². The fourth-order valence-corrected chi connectivity index (χ4v) is 2.58. The molecule has 5 nitrogen and oxygen atoms in total. The van der Waals surface area contributed by atoms with Crippen molar-refractivity contribution in [2.45, 2.75) is 26.3 Å². The van der Waals surface area contributed by atoms with Crippen LogP contribution >= 0.6 is 36.0 Å². The van der Waals surface area contributed by atoms with Crippen molar-refractivity contribution in [1.82, 2.24) is 9.97 Å². The SMILES string of the molecule is CCC(C)Nc1nc(N(S)C=O)nc(Cl)c1-c1c(F)cccc1Cl. The van der Waals surface area contributed by atoms with Gasteiger partial charge in [0.15, 0.2) is 0 Å². The lowest BCUT2D eigenvalue weighted by atomic mass is 10.1. The molecule has 2 aromatic rings. The van der Waals surface area contributed by atoms with Gasteiger partial charge in [0, 0.05) is 11.6 Å². The van der Waals surface area contributed by atoms with Crippen molar-refractivity contribution < 1.29 is 9.18 Å². The third kappa shape index (κ3) is 3.91. The van der Waals surface area contributed by atoms with Gasteiger partial charge in [0.25, 0.3) is 0 Å². The summed E-state index contributed by atoms with van der Waals surface area (Å²) in [6.07, 6.45) is 1.22. The van der Waals surface area contributed by atoms with Crippen LogP contribution in [0.15, 0.2) is 18.2 Å². The third-order valence-corrected chi connectivity index (χ3v) is 4.23. The molecule has 1 aromatic carbocycles. The molecule has 0 aliphatic rings. The summed E-state index contributed by atoms with van der Waals surface area (Å²) in [6, 6.07) is 4.34. The Morgan fingerprint density at radius 1 is 1.38 bits per heavy atom. The summed E-state index contributed by atoms with van der Waals surface area (Å²) in [4.78, 5) is 19.1. The number of amides is 1. The lowest BCUT2D eigenvalue weighted by molar-refractivity contribution is -0.106. The molecule has 0 spiro atoms. The van der Waals surface area contributed by atoms with Crippen LogP contribution in [0, 0.1) is 5.82 Å². The zero-order valence-electron chi connectivity index (χ0n) is 12.9. The van der Waals surface area contributed by atoms with E-state index < -0.39 is 5.82 Å². The van der Waals surface area contributed by atoms with Crippen molar-refractivity contribution in [3.8, 4) is 11.1 Å². The lowest BCUT2D eigenvalue weighted by Gasteiger charge is -2.19. The van der Waals surface area contributed by atoms with E-state index >= 15 is 0 Å². The number of halogens is 3. The van der Waals surface area contributed by atoms with Crippen molar-refractivity contribution in [2.75, 3.05) is 9.62 Å². The number of carbonyl (C=O) groups excluding carboxylic acids is 1. The molecule has 0 fully saturated rings. The quantitative estimate of drug-likeness (QED) is 0.431. The smallest absolute Gasteiger partial charge is 0.245 e. The van der Waals surface area contributed by atoms with Gasteiger partial charge in [-0.1, -0.05) is 49.0 Å². The summed E-state index contributed by atoms with van der Waals surface area (Å²) in [5.41, 5.74) is 0.329. The lowest BCUT2D eigenvalue weighted by Crippen LogP contribution is -2.18. The normalized spacial score (nSPS) is 11.9. The van der Waals surface area contributed by atoms with E-state index in [1.54, 1.807) is 6.07 Å². The number of rotatable bonds is 6. The number of anilines is 2. The topological polar surface area (TPSA) is 58.1 Å². The molecule has 1 atom stereocenters. The second kappa shape index (κ2) is 8.00. The monoisotopic (exact) mass is 388 g/mol. The van der Waals surface area contributed by atoms with E-state index in [-0.39, 0.29) is 39.1 Å². The third-order valence-electron chi connectivity index (χ3n) is 3.37. The van der Waals surface area contributed by atoms with Crippen LogP contribution < -0.4 is 9.62 Å². The average Bonchev–Trinajstić information content (AvgIpc) is 2.55. The predicted octanol–water partition coefficient (Wildman–Crippen LogP) is 4.61. The second-order valence-electron chi connectivity index (χ2n) is 5.04. The number of aromatic nitrogens is 2. The van der Waals surface area contributed by atoms with E-state index in [1.807, 2.05) is 13.8 Å². The van der Waals surface area contributed by atoms with E-state index in [2.05, 4.69) is 28.1 Å². The first-order valence-electron chi connectivity index (χ1n) is 7.10. The molecule has 2 rings (SSSR count). The van der Waals surface area contributed by atoms with Crippen LogP contribution in [0.3, 0.4) is 0 Å². The Bertz CT molecular complexity index is 742. The molecule has 0 saturated carbocycles. The molecule has 0 bridgehead atoms. The molecule has 1 unspecified atom stereocenters. The Morgan fingerprint density at radius 3 is 2.67 bits per heavy atom. The Morgan fingerprint density at radius 2 is 2.08 bits per heavy atom. The summed E-state index contributed by atoms with van der Waals surface area (Å²) in [5, 5.41) is 3.27. The van der Waals surface area contributed by atoms with Crippen molar-refractivity contribution >= 4 is 54.2 Å². The van der Waals surface area contributed by atoms with Crippen LogP contribution in [-0.2, 0) is 4.79 Å². The molecule has 0 radical (unpaired) electrons. The standard InChI is InChI=1S/C15H15Cl2FN4OS/c1-3-8(2)19-14-12(11-9(16)5-4-6-10(11)18)13(17)20-15(21-14)22(24)7-23/h4-8,24H,3H2,1-2H3,(H,19,20,21). The van der Waals surface area contributed by atoms with E-state index in [0.717, 1.165) is 10.7 Å².